The van der Waals surface area contributed by atoms with Gasteiger partial charge in [0.1, 0.15) is 35.6 Å². The Hall–Kier alpha value is -4.89. The zero-order valence-corrected chi connectivity index (χ0v) is 21.0. The van der Waals surface area contributed by atoms with Crippen LogP contribution < -0.4 is 14.8 Å². The van der Waals surface area contributed by atoms with Crippen molar-refractivity contribution in [2.75, 3.05) is 11.9 Å². The SMILES string of the molecule is CCOc1cc(/C=C(\C#N)C(=O)Nc2ccc(OCc3ccccc3)cc2)ccc1Cc1ccccc1F. The third kappa shape index (κ3) is 7.08. The molecule has 5 nitrogen and oxygen atoms in total. The predicted octanol–water partition coefficient (Wildman–Crippen LogP) is 6.94. The second-order valence-electron chi connectivity index (χ2n) is 8.49. The molecule has 0 aliphatic rings. The van der Waals surface area contributed by atoms with Crippen LogP contribution in [-0.2, 0) is 17.8 Å². The molecule has 0 unspecified atom stereocenters. The highest BCUT2D eigenvalue weighted by atomic mass is 19.1. The van der Waals surface area contributed by atoms with Crippen molar-refractivity contribution in [3.63, 3.8) is 0 Å². The van der Waals surface area contributed by atoms with Crippen LogP contribution in [0.1, 0.15) is 29.2 Å². The van der Waals surface area contributed by atoms with Crippen LogP contribution >= 0.6 is 0 Å². The highest BCUT2D eigenvalue weighted by Gasteiger charge is 2.12. The first-order valence-electron chi connectivity index (χ1n) is 12.2. The minimum absolute atomic E-state index is 0.0568. The van der Waals surface area contributed by atoms with E-state index in [-0.39, 0.29) is 11.4 Å². The van der Waals surface area contributed by atoms with Gasteiger partial charge in [0.2, 0.25) is 0 Å². The van der Waals surface area contributed by atoms with Gasteiger partial charge in [0, 0.05) is 12.1 Å². The van der Waals surface area contributed by atoms with Crippen molar-refractivity contribution in [2.45, 2.75) is 20.0 Å². The maximum Gasteiger partial charge on any atom is 0.266 e. The number of hydrogen-bond acceptors (Lipinski definition) is 4. The molecule has 0 aliphatic heterocycles. The minimum Gasteiger partial charge on any atom is -0.494 e. The predicted molar refractivity (Wildman–Crippen MR) is 146 cm³/mol. The number of rotatable bonds is 10. The van der Waals surface area contributed by atoms with Gasteiger partial charge in [0.05, 0.1) is 6.61 Å². The molecule has 0 aliphatic carbocycles. The second kappa shape index (κ2) is 12.9. The summed E-state index contributed by atoms with van der Waals surface area (Å²) in [4.78, 5) is 12.8. The molecule has 0 saturated heterocycles. The van der Waals surface area contributed by atoms with Crippen LogP contribution in [0.2, 0.25) is 0 Å². The Morgan fingerprint density at radius 2 is 1.66 bits per heavy atom. The summed E-state index contributed by atoms with van der Waals surface area (Å²) in [5.41, 5.74) is 3.54. The van der Waals surface area contributed by atoms with Gasteiger partial charge >= 0.3 is 0 Å². The normalized spacial score (nSPS) is 10.9. The smallest absolute Gasteiger partial charge is 0.266 e. The van der Waals surface area contributed by atoms with E-state index < -0.39 is 5.91 Å². The Bertz CT molecular complexity index is 1460. The fourth-order valence-electron chi connectivity index (χ4n) is 3.83. The van der Waals surface area contributed by atoms with E-state index in [1.165, 1.54) is 12.1 Å². The topological polar surface area (TPSA) is 71.3 Å². The maximum atomic E-state index is 14.2. The van der Waals surface area contributed by atoms with Crippen molar-refractivity contribution in [1.29, 1.82) is 5.26 Å². The zero-order valence-electron chi connectivity index (χ0n) is 21.0. The Balaban J connectivity index is 1.44. The monoisotopic (exact) mass is 506 g/mol. The first kappa shape index (κ1) is 26.2. The molecule has 0 atom stereocenters. The summed E-state index contributed by atoms with van der Waals surface area (Å²) < 4.78 is 25.7. The lowest BCUT2D eigenvalue weighted by Gasteiger charge is -2.12. The molecule has 4 aromatic rings. The van der Waals surface area contributed by atoms with Crippen LogP contribution in [0.3, 0.4) is 0 Å². The number of benzene rings is 4. The largest absolute Gasteiger partial charge is 0.494 e. The zero-order chi connectivity index (χ0) is 26.7. The molecule has 190 valence electrons. The molecule has 0 fully saturated rings. The standard InChI is InChI=1S/C32H27FN2O3/c1-2-37-31-19-24(12-13-26(31)20-25-10-6-7-11-30(25)33)18-27(21-34)32(36)35-28-14-16-29(17-15-28)38-22-23-8-4-3-5-9-23/h3-19H,2,20,22H2,1H3,(H,35,36)/b27-18+. The van der Waals surface area contributed by atoms with Crippen molar-refractivity contribution in [3.05, 3.63) is 131 Å². The molecule has 0 aromatic heterocycles. The van der Waals surface area contributed by atoms with Gasteiger partial charge in [0.15, 0.2) is 0 Å². The Morgan fingerprint density at radius 3 is 2.37 bits per heavy atom. The molecule has 1 N–H and O–H groups in total. The van der Waals surface area contributed by atoms with Crippen LogP contribution in [0, 0.1) is 17.1 Å². The molecule has 1 amide bonds. The molecule has 6 heteroatoms. The summed E-state index contributed by atoms with van der Waals surface area (Å²) in [7, 11) is 0. The van der Waals surface area contributed by atoms with Crippen molar-refractivity contribution in [1.82, 2.24) is 0 Å². The number of ether oxygens (including phenoxy) is 2. The highest BCUT2D eigenvalue weighted by molar-refractivity contribution is 6.09. The van der Waals surface area contributed by atoms with Gasteiger partial charge in [-0.2, -0.15) is 5.26 Å². The number of nitriles is 1. The number of carbonyl (C=O) groups excluding carboxylic acids is 1. The lowest BCUT2D eigenvalue weighted by molar-refractivity contribution is -0.112. The van der Waals surface area contributed by atoms with Gasteiger partial charge in [-0.1, -0.05) is 60.7 Å². The van der Waals surface area contributed by atoms with E-state index in [1.54, 1.807) is 54.6 Å². The third-order valence-electron chi connectivity index (χ3n) is 5.77. The second-order valence-corrected chi connectivity index (χ2v) is 8.49. The summed E-state index contributed by atoms with van der Waals surface area (Å²) >= 11 is 0. The Kier molecular flexibility index (Phi) is 8.88. The van der Waals surface area contributed by atoms with E-state index in [4.69, 9.17) is 9.47 Å². The molecule has 0 radical (unpaired) electrons. The summed E-state index contributed by atoms with van der Waals surface area (Å²) in [5, 5.41) is 12.4. The summed E-state index contributed by atoms with van der Waals surface area (Å²) in [6.07, 6.45) is 1.87. The molecule has 0 heterocycles. The average Bonchev–Trinajstić information content (AvgIpc) is 2.94. The maximum absolute atomic E-state index is 14.2. The van der Waals surface area contributed by atoms with E-state index in [9.17, 15) is 14.4 Å². The lowest BCUT2D eigenvalue weighted by Crippen LogP contribution is -2.13. The quantitative estimate of drug-likeness (QED) is 0.187. The number of amides is 1. The first-order chi connectivity index (χ1) is 18.6. The van der Waals surface area contributed by atoms with E-state index in [2.05, 4.69) is 5.32 Å². The molecular weight excluding hydrogens is 479 g/mol. The van der Waals surface area contributed by atoms with Crippen LogP contribution in [0.5, 0.6) is 11.5 Å². The van der Waals surface area contributed by atoms with E-state index in [0.29, 0.717) is 47.9 Å². The van der Waals surface area contributed by atoms with Crippen LogP contribution in [0.15, 0.2) is 103 Å². The third-order valence-corrected chi connectivity index (χ3v) is 5.77. The molecular formula is C32H27FN2O3. The summed E-state index contributed by atoms with van der Waals surface area (Å²) in [6, 6.07) is 30.7. The molecule has 0 saturated carbocycles. The average molecular weight is 507 g/mol. The van der Waals surface area contributed by atoms with Gasteiger partial charge in [-0.25, -0.2) is 4.39 Å². The number of nitrogens with zero attached hydrogens (tertiary/aromatic N) is 1. The van der Waals surface area contributed by atoms with Crippen LogP contribution in [0.4, 0.5) is 10.1 Å². The number of anilines is 1. The van der Waals surface area contributed by atoms with E-state index in [1.807, 2.05) is 49.4 Å². The van der Waals surface area contributed by atoms with Crippen LogP contribution in [-0.4, -0.2) is 12.5 Å². The Morgan fingerprint density at radius 1 is 0.921 bits per heavy atom. The van der Waals surface area contributed by atoms with Crippen molar-refractivity contribution in [3.8, 4) is 17.6 Å². The molecule has 0 bridgehead atoms. The number of hydrogen-bond donors (Lipinski definition) is 1. The highest BCUT2D eigenvalue weighted by Crippen LogP contribution is 2.26. The minimum atomic E-state index is -0.529. The van der Waals surface area contributed by atoms with Gasteiger partial charge < -0.3 is 14.8 Å². The van der Waals surface area contributed by atoms with Gasteiger partial charge in [-0.3, -0.25) is 4.79 Å². The van der Waals surface area contributed by atoms with E-state index >= 15 is 0 Å². The van der Waals surface area contributed by atoms with Gasteiger partial charge in [0.25, 0.3) is 5.91 Å². The van der Waals surface area contributed by atoms with Crippen molar-refractivity contribution in [2.24, 2.45) is 0 Å². The number of halogens is 1. The summed E-state index contributed by atoms with van der Waals surface area (Å²) in [6.45, 7) is 2.73. The Labute approximate surface area is 221 Å². The van der Waals surface area contributed by atoms with E-state index in [0.717, 1.165) is 11.1 Å². The number of carbonyl (C=O) groups is 1. The van der Waals surface area contributed by atoms with Gasteiger partial charge in [-0.05, 0) is 71.7 Å². The molecule has 4 aromatic carbocycles. The molecule has 0 spiro atoms. The van der Waals surface area contributed by atoms with Crippen molar-refractivity contribution < 1.29 is 18.7 Å². The van der Waals surface area contributed by atoms with Crippen LogP contribution in [0.25, 0.3) is 6.08 Å². The molecule has 4 rings (SSSR count). The number of nitrogens with one attached hydrogen (secondary N) is 1. The van der Waals surface area contributed by atoms with Gasteiger partial charge in [-0.15, -0.1) is 0 Å². The molecule has 38 heavy (non-hydrogen) atoms. The van der Waals surface area contributed by atoms with Crippen molar-refractivity contribution >= 4 is 17.7 Å². The summed E-state index contributed by atoms with van der Waals surface area (Å²) in [5.74, 6) is 0.437. The lowest BCUT2D eigenvalue weighted by atomic mass is 10.0. The fraction of sp³-hybridized carbons (Fsp3) is 0.125. The first-order valence-corrected chi connectivity index (χ1v) is 12.2. The fourth-order valence-corrected chi connectivity index (χ4v) is 3.83.